The Kier molecular flexibility index (Phi) is 6.40. The first-order valence-corrected chi connectivity index (χ1v) is 11.7. The molecule has 1 aliphatic rings. The van der Waals surface area contributed by atoms with Crippen LogP contribution in [-0.4, -0.2) is 33.5 Å². The van der Waals surface area contributed by atoms with Crippen LogP contribution in [0.4, 0.5) is 13.2 Å². The molecule has 4 aromatic rings. The van der Waals surface area contributed by atoms with Gasteiger partial charge in [-0.05, 0) is 36.4 Å². The van der Waals surface area contributed by atoms with E-state index >= 15 is 0 Å². The highest BCUT2D eigenvalue weighted by molar-refractivity contribution is 7.13. The maximum atomic E-state index is 12.8. The molecule has 0 N–H and O–H groups in total. The number of thiazole rings is 1. The number of benzene rings is 2. The van der Waals surface area contributed by atoms with Gasteiger partial charge in [0.05, 0.1) is 18.4 Å². The first-order valence-electron chi connectivity index (χ1n) is 10.9. The Hall–Kier alpha value is -3.50. The predicted molar refractivity (Wildman–Crippen MR) is 125 cm³/mol. The molecule has 0 fully saturated rings. The number of fused-ring (bicyclic) bond motifs is 1. The van der Waals surface area contributed by atoms with Gasteiger partial charge in [0.25, 0.3) is 5.19 Å². The van der Waals surface area contributed by atoms with E-state index < -0.39 is 11.7 Å². The van der Waals surface area contributed by atoms with Crippen molar-refractivity contribution in [3.63, 3.8) is 0 Å². The summed E-state index contributed by atoms with van der Waals surface area (Å²) in [6.45, 7) is 2.22. The van der Waals surface area contributed by atoms with Gasteiger partial charge in [-0.2, -0.15) is 13.2 Å². The normalized spacial score (nSPS) is 13.9. The van der Waals surface area contributed by atoms with Crippen LogP contribution in [0.5, 0.6) is 16.7 Å². The van der Waals surface area contributed by atoms with Crippen LogP contribution in [0.25, 0.3) is 11.4 Å². The number of nitrogens with zero attached hydrogens (tertiary/aromatic N) is 4. The standard InChI is InChI=1S/C25H21F3N4O2S/c1-33-19-6-8-20(9-7-19)34-24-30-13-21(35-24)15-32-11-10-22-17(14-32)12-29-23(31-22)16-2-4-18(5-3-16)25(26,27)28/h2-9,12-13H,10-11,14-15H2,1H3. The Bertz CT molecular complexity index is 1310. The van der Waals surface area contributed by atoms with Crippen molar-refractivity contribution >= 4 is 11.3 Å². The zero-order valence-electron chi connectivity index (χ0n) is 18.7. The molecule has 0 unspecified atom stereocenters. The molecule has 0 saturated heterocycles. The number of ether oxygens (including phenoxy) is 2. The van der Waals surface area contributed by atoms with Gasteiger partial charge in [-0.3, -0.25) is 4.90 Å². The summed E-state index contributed by atoms with van der Waals surface area (Å²) in [4.78, 5) is 16.8. The molecule has 5 rings (SSSR count). The van der Waals surface area contributed by atoms with Crippen molar-refractivity contribution in [2.45, 2.75) is 25.7 Å². The van der Waals surface area contributed by atoms with E-state index in [-0.39, 0.29) is 0 Å². The molecule has 3 heterocycles. The first kappa shape index (κ1) is 23.3. The summed E-state index contributed by atoms with van der Waals surface area (Å²) in [5, 5.41) is 0.576. The van der Waals surface area contributed by atoms with E-state index in [1.165, 1.54) is 23.5 Å². The Morgan fingerprint density at radius 3 is 2.43 bits per heavy atom. The lowest BCUT2D eigenvalue weighted by molar-refractivity contribution is -0.137. The second-order valence-corrected chi connectivity index (χ2v) is 9.15. The molecule has 0 radical (unpaired) electrons. The van der Waals surface area contributed by atoms with Gasteiger partial charge in [0.15, 0.2) is 5.82 Å². The maximum absolute atomic E-state index is 12.8. The van der Waals surface area contributed by atoms with Gasteiger partial charge in [-0.1, -0.05) is 23.5 Å². The molecule has 10 heteroatoms. The Labute approximate surface area is 204 Å². The van der Waals surface area contributed by atoms with Crippen molar-refractivity contribution in [1.29, 1.82) is 0 Å². The summed E-state index contributed by atoms with van der Waals surface area (Å²) < 4.78 is 49.4. The van der Waals surface area contributed by atoms with Crippen LogP contribution in [0.1, 0.15) is 21.7 Å². The third kappa shape index (κ3) is 5.44. The van der Waals surface area contributed by atoms with E-state index in [2.05, 4.69) is 19.9 Å². The number of hydrogen-bond donors (Lipinski definition) is 0. The highest BCUT2D eigenvalue weighted by Gasteiger charge is 2.30. The lowest BCUT2D eigenvalue weighted by Crippen LogP contribution is -2.30. The highest BCUT2D eigenvalue weighted by atomic mass is 32.1. The third-order valence-electron chi connectivity index (χ3n) is 5.66. The van der Waals surface area contributed by atoms with E-state index in [0.29, 0.717) is 28.9 Å². The minimum absolute atomic E-state index is 0.439. The molecular weight excluding hydrogens is 477 g/mol. The molecule has 0 saturated carbocycles. The Morgan fingerprint density at radius 2 is 1.71 bits per heavy atom. The fourth-order valence-corrected chi connectivity index (χ4v) is 4.65. The number of halogens is 3. The molecule has 35 heavy (non-hydrogen) atoms. The van der Waals surface area contributed by atoms with Crippen molar-refractivity contribution in [2.75, 3.05) is 13.7 Å². The van der Waals surface area contributed by atoms with Crippen LogP contribution in [0.3, 0.4) is 0 Å². The summed E-state index contributed by atoms with van der Waals surface area (Å²) in [5.74, 6) is 1.89. The molecule has 180 valence electrons. The largest absolute Gasteiger partial charge is 0.497 e. The average molecular weight is 499 g/mol. The van der Waals surface area contributed by atoms with E-state index in [4.69, 9.17) is 9.47 Å². The van der Waals surface area contributed by atoms with Crippen LogP contribution in [0, 0.1) is 0 Å². The number of alkyl halides is 3. The molecule has 0 bridgehead atoms. The molecule has 1 aliphatic heterocycles. The molecule has 2 aromatic carbocycles. The highest BCUT2D eigenvalue weighted by Crippen LogP contribution is 2.32. The zero-order valence-corrected chi connectivity index (χ0v) is 19.6. The Morgan fingerprint density at radius 1 is 0.971 bits per heavy atom. The maximum Gasteiger partial charge on any atom is 0.416 e. The number of hydrogen-bond acceptors (Lipinski definition) is 7. The number of rotatable bonds is 6. The van der Waals surface area contributed by atoms with Gasteiger partial charge in [-0.25, -0.2) is 15.0 Å². The van der Waals surface area contributed by atoms with Gasteiger partial charge in [0.1, 0.15) is 11.5 Å². The third-order valence-corrected chi connectivity index (χ3v) is 6.52. The van der Waals surface area contributed by atoms with Crippen LogP contribution in [0.15, 0.2) is 60.9 Å². The van der Waals surface area contributed by atoms with Crippen LogP contribution in [0.2, 0.25) is 0 Å². The van der Waals surface area contributed by atoms with Crippen LogP contribution < -0.4 is 9.47 Å². The molecule has 0 spiro atoms. The van der Waals surface area contributed by atoms with E-state index in [1.54, 1.807) is 13.3 Å². The van der Waals surface area contributed by atoms with E-state index in [9.17, 15) is 13.2 Å². The monoisotopic (exact) mass is 498 g/mol. The molecule has 2 aromatic heterocycles. The van der Waals surface area contributed by atoms with E-state index in [0.717, 1.165) is 53.5 Å². The topological polar surface area (TPSA) is 60.4 Å². The van der Waals surface area contributed by atoms with Gasteiger partial charge in [-0.15, -0.1) is 0 Å². The lowest BCUT2D eigenvalue weighted by Gasteiger charge is -2.27. The van der Waals surface area contributed by atoms with E-state index in [1.807, 2.05) is 30.5 Å². The summed E-state index contributed by atoms with van der Waals surface area (Å²) in [6.07, 6.45) is -0.0333. The van der Waals surface area contributed by atoms with Gasteiger partial charge in [0.2, 0.25) is 0 Å². The lowest BCUT2D eigenvalue weighted by atomic mass is 10.1. The minimum Gasteiger partial charge on any atom is -0.497 e. The zero-order chi connectivity index (χ0) is 24.4. The molecule has 0 amide bonds. The molecule has 0 aliphatic carbocycles. The molecular formula is C25H21F3N4O2S. The van der Waals surface area contributed by atoms with Crippen molar-refractivity contribution in [1.82, 2.24) is 19.9 Å². The van der Waals surface area contributed by atoms with Crippen molar-refractivity contribution < 1.29 is 22.6 Å². The summed E-state index contributed by atoms with van der Waals surface area (Å²) in [6, 6.07) is 12.3. The van der Waals surface area contributed by atoms with Gasteiger partial charge >= 0.3 is 6.18 Å². The minimum atomic E-state index is -4.36. The Balaban J connectivity index is 1.21. The fraction of sp³-hybridized carbons (Fsp3) is 0.240. The predicted octanol–water partition coefficient (Wildman–Crippen LogP) is 5.98. The number of methoxy groups -OCH3 is 1. The van der Waals surface area contributed by atoms with Crippen molar-refractivity contribution in [2.24, 2.45) is 0 Å². The quantitative estimate of drug-likeness (QED) is 0.326. The van der Waals surface area contributed by atoms with Crippen molar-refractivity contribution in [3.05, 3.63) is 82.6 Å². The molecule has 0 atom stereocenters. The van der Waals surface area contributed by atoms with Crippen LogP contribution >= 0.6 is 11.3 Å². The van der Waals surface area contributed by atoms with Crippen LogP contribution in [-0.2, 0) is 25.7 Å². The molecule has 6 nitrogen and oxygen atoms in total. The first-order chi connectivity index (χ1) is 16.9. The fourth-order valence-electron chi connectivity index (χ4n) is 3.83. The smallest absolute Gasteiger partial charge is 0.416 e. The summed E-state index contributed by atoms with van der Waals surface area (Å²) >= 11 is 1.50. The summed E-state index contributed by atoms with van der Waals surface area (Å²) in [7, 11) is 1.62. The second-order valence-electron chi connectivity index (χ2n) is 8.07. The SMILES string of the molecule is COc1ccc(Oc2ncc(CN3CCc4nc(-c5ccc(C(F)(F)F)cc5)ncc4C3)s2)cc1. The second kappa shape index (κ2) is 9.63. The van der Waals surface area contributed by atoms with Crippen molar-refractivity contribution in [3.8, 4) is 28.1 Å². The average Bonchev–Trinajstić information content (AvgIpc) is 3.30. The summed E-state index contributed by atoms with van der Waals surface area (Å²) in [5.41, 5.74) is 1.83. The van der Waals surface area contributed by atoms with Gasteiger partial charge < -0.3 is 9.47 Å². The number of aromatic nitrogens is 3. The van der Waals surface area contributed by atoms with Gasteiger partial charge in [0, 0.05) is 54.5 Å².